The lowest BCUT2D eigenvalue weighted by Crippen LogP contribution is -1.99. The Morgan fingerprint density at radius 3 is 2.12 bits per heavy atom. The molecule has 0 fully saturated rings. The Bertz CT molecular complexity index is 520. The van der Waals surface area contributed by atoms with Gasteiger partial charge in [-0.05, 0) is 24.3 Å². The van der Waals surface area contributed by atoms with Crippen LogP contribution in [0.4, 0.5) is 19.0 Å². The molecule has 0 saturated heterocycles. The molecule has 0 amide bonds. The molecule has 2 rings (SSSR count). The van der Waals surface area contributed by atoms with Gasteiger partial charge in [0.1, 0.15) is 29.0 Å². The lowest BCUT2D eigenvalue weighted by atomic mass is 10.1. The number of pyridine rings is 1. The van der Waals surface area contributed by atoms with E-state index in [2.05, 4.69) is 4.98 Å². The van der Waals surface area contributed by atoms with E-state index < -0.39 is 28.7 Å². The van der Waals surface area contributed by atoms with E-state index in [0.29, 0.717) is 0 Å². The van der Waals surface area contributed by atoms with Gasteiger partial charge in [0, 0.05) is 0 Å². The second kappa shape index (κ2) is 3.84. The summed E-state index contributed by atoms with van der Waals surface area (Å²) in [5, 5.41) is 0. The second-order valence-corrected chi connectivity index (χ2v) is 3.16. The number of rotatable bonds is 1. The predicted molar refractivity (Wildman–Crippen MR) is 54.0 cm³/mol. The minimum atomic E-state index is -0.878. The summed E-state index contributed by atoms with van der Waals surface area (Å²) in [5.74, 6) is -2.58. The summed E-state index contributed by atoms with van der Waals surface area (Å²) in [4.78, 5) is 3.59. The fraction of sp³-hybridized carbons (Fsp3) is 0. The Labute approximate surface area is 89.5 Å². The molecule has 2 nitrogen and oxygen atoms in total. The molecule has 82 valence electrons. The number of halogens is 3. The third kappa shape index (κ3) is 1.71. The first-order chi connectivity index (χ1) is 7.59. The van der Waals surface area contributed by atoms with Gasteiger partial charge in [0.15, 0.2) is 0 Å². The van der Waals surface area contributed by atoms with E-state index in [0.717, 1.165) is 18.2 Å². The van der Waals surface area contributed by atoms with Crippen molar-refractivity contribution >= 4 is 5.82 Å². The average molecular weight is 224 g/mol. The molecule has 0 aliphatic rings. The topological polar surface area (TPSA) is 38.9 Å². The molecule has 0 aliphatic heterocycles. The zero-order valence-electron chi connectivity index (χ0n) is 8.05. The first-order valence-corrected chi connectivity index (χ1v) is 4.46. The number of nitrogens with two attached hydrogens (primary N) is 1. The zero-order chi connectivity index (χ0) is 11.7. The summed E-state index contributed by atoms with van der Waals surface area (Å²) in [5.41, 5.74) is 4.41. The number of nitrogen functional groups attached to an aromatic ring is 1. The van der Waals surface area contributed by atoms with Crippen LogP contribution in [-0.4, -0.2) is 4.98 Å². The quantitative estimate of drug-likeness (QED) is 0.808. The van der Waals surface area contributed by atoms with Gasteiger partial charge in [-0.2, -0.15) is 0 Å². The molecule has 0 aliphatic carbocycles. The second-order valence-electron chi connectivity index (χ2n) is 3.16. The van der Waals surface area contributed by atoms with Crippen LogP contribution in [0.3, 0.4) is 0 Å². The van der Waals surface area contributed by atoms with Crippen molar-refractivity contribution in [2.75, 3.05) is 5.73 Å². The maximum Gasteiger partial charge on any atom is 0.149 e. The van der Waals surface area contributed by atoms with Gasteiger partial charge in [0.25, 0.3) is 0 Å². The molecule has 2 N–H and O–H groups in total. The SMILES string of the molecule is Nc1ccc(F)c(-c2c(F)cccc2F)n1. The highest BCUT2D eigenvalue weighted by Crippen LogP contribution is 2.27. The maximum absolute atomic E-state index is 13.4. The van der Waals surface area contributed by atoms with Gasteiger partial charge in [0.2, 0.25) is 0 Å². The Morgan fingerprint density at radius 1 is 0.875 bits per heavy atom. The van der Waals surface area contributed by atoms with Crippen LogP contribution in [0.2, 0.25) is 0 Å². The first-order valence-electron chi connectivity index (χ1n) is 4.46. The minimum Gasteiger partial charge on any atom is -0.384 e. The number of nitrogens with zero attached hydrogens (tertiary/aromatic N) is 1. The molecule has 2 aromatic rings. The molecule has 0 spiro atoms. The van der Waals surface area contributed by atoms with E-state index in [-0.39, 0.29) is 5.82 Å². The van der Waals surface area contributed by atoms with Gasteiger partial charge < -0.3 is 5.73 Å². The third-order valence-electron chi connectivity index (χ3n) is 2.07. The Balaban J connectivity index is 2.72. The highest BCUT2D eigenvalue weighted by atomic mass is 19.1. The van der Waals surface area contributed by atoms with Crippen molar-refractivity contribution in [1.82, 2.24) is 4.98 Å². The third-order valence-corrected chi connectivity index (χ3v) is 2.07. The average Bonchev–Trinajstić information content (AvgIpc) is 2.23. The number of benzene rings is 1. The van der Waals surface area contributed by atoms with Crippen molar-refractivity contribution in [2.24, 2.45) is 0 Å². The number of aromatic nitrogens is 1. The molecule has 5 heteroatoms. The number of hydrogen-bond acceptors (Lipinski definition) is 2. The Morgan fingerprint density at radius 2 is 1.50 bits per heavy atom. The van der Waals surface area contributed by atoms with Crippen LogP contribution in [-0.2, 0) is 0 Å². The molecular formula is C11H7F3N2. The summed E-state index contributed by atoms with van der Waals surface area (Å²) < 4.78 is 40.1. The molecule has 1 aromatic carbocycles. The van der Waals surface area contributed by atoms with Gasteiger partial charge in [-0.25, -0.2) is 18.2 Å². The molecule has 0 radical (unpaired) electrons. The van der Waals surface area contributed by atoms with Crippen LogP contribution in [0.5, 0.6) is 0 Å². The van der Waals surface area contributed by atoms with Crippen molar-refractivity contribution in [2.45, 2.75) is 0 Å². The van der Waals surface area contributed by atoms with Crippen molar-refractivity contribution in [3.63, 3.8) is 0 Å². The van der Waals surface area contributed by atoms with E-state index in [1.807, 2.05) is 0 Å². The summed E-state index contributed by atoms with van der Waals surface area (Å²) in [6.45, 7) is 0. The lowest BCUT2D eigenvalue weighted by Gasteiger charge is -2.05. The summed E-state index contributed by atoms with van der Waals surface area (Å²) in [6, 6.07) is 5.49. The van der Waals surface area contributed by atoms with E-state index in [1.54, 1.807) is 0 Å². The molecule has 1 heterocycles. The minimum absolute atomic E-state index is 0.000877. The van der Waals surface area contributed by atoms with Crippen LogP contribution in [0.15, 0.2) is 30.3 Å². The first kappa shape index (κ1) is 10.5. The fourth-order valence-electron chi connectivity index (χ4n) is 1.36. The van der Waals surface area contributed by atoms with Crippen molar-refractivity contribution in [3.8, 4) is 11.3 Å². The molecule has 0 saturated carbocycles. The van der Waals surface area contributed by atoms with Crippen molar-refractivity contribution in [1.29, 1.82) is 0 Å². The van der Waals surface area contributed by atoms with E-state index in [4.69, 9.17) is 5.73 Å². The zero-order valence-corrected chi connectivity index (χ0v) is 8.05. The maximum atomic E-state index is 13.4. The lowest BCUT2D eigenvalue weighted by molar-refractivity contribution is 0.579. The summed E-state index contributed by atoms with van der Waals surface area (Å²) >= 11 is 0. The van der Waals surface area contributed by atoms with Crippen LogP contribution < -0.4 is 5.73 Å². The van der Waals surface area contributed by atoms with Gasteiger partial charge in [-0.3, -0.25) is 0 Å². The summed E-state index contributed by atoms with van der Waals surface area (Å²) in [6.07, 6.45) is 0. The Hall–Kier alpha value is -2.04. The standard InChI is InChI=1S/C11H7F3N2/c12-6-2-1-3-7(13)10(6)11-8(14)4-5-9(15)16-11/h1-5H,(H2,15,16). The molecule has 1 aromatic heterocycles. The summed E-state index contributed by atoms with van der Waals surface area (Å²) in [7, 11) is 0. The van der Waals surface area contributed by atoms with Gasteiger partial charge in [0.05, 0.1) is 5.56 Å². The predicted octanol–water partition coefficient (Wildman–Crippen LogP) is 2.75. The van der Waals surface area contributed by atoms with Crippen molar-refractivity contribution < 1.29 is 13.2 Å². The molecule has 0 bridgehead atoms. The van der Waals surface area contributed by atoms with Crippen molar-refractivity contribution in [3.05, 3.63) is 47.8 Å². The van der Waals surface area contributed by atoms with Crippen LogP contribution in [0.25, 0.3) is 11.3 Å². The van der Waals surface area contributed by atoms with E-state index in [9.17, 15) is 13.2 Å². The normalized spacial score (nSPS) is 10.4. The van der Waals surface area contributed by atoms with E-state index >= 15 is 0 Å². The molecule has 0 unspecified atom stereocenters. The highest BCUT2D eigenvalue weighted by Gasteiger charge is 2.16. The number of anilines is 1. The molecule has 16 heavy (non-hydrogen) atoms. The largest absolute Gasteiger partial charge is 0.384 e. The van der Waals surface area contributed by atoms with E-state index in [1.165, 1.54) is 12.1 Å². The van der Waals surface area contributed by atoms with Crippen LogP contribution >= 0.6 is 0 Å². The monoisotopic (exact) mass is 224 g/mol. The molecular weight excluding hydrogens is 217 g/mol. The van der Waals surface area contributed by atoms with Gasteiger partial charge >= 0.3 is 0 Å². The van der Waals surface area contributed by atoms with Crippen LogP contribution in [0.1, 0.15) is 0 Å². The van der Waals surface area contributed by atoms with Gasteiger partial charge in [-0.15, -0.1) is 0 Å². The molecule has 0 atom stereocenters. The van der Waals surface area contributed by atoms with Gasteiger partial charge in [-0.1, -0.05) is 6.07 Å². The smallest absolute Gasteiger partial charge is 0.149 e. The van der Waals surface area contributed by atoms with Crippen LogP contribution in [0, 0.1) is 17.5 Å². The highest BCUT2D eigenvalue weighted by molar-refractivity contribution is 5.63. The number of hydrogen-bond donors (Lipinski definition) is 1. The Kier molecular flexibility index (Phi) is 2.52. The fourth-order valence-corrected chi connectivity index (χ4v) is 1.36.